The third kappa shape index (κ3) is 3.70. The first-order chi connectivity index (χ1) is 9.13. The van der Waals surface area contributed by atoms with Gasteiger partial charge in [-0.2, -0.15) is 5.10 Å². The molecule has 0 aromatic carbocycles. The third-order valence-corrected chi connectivity index (χ3v) is 4.06. The van der Waals surface area contributed by atoms with Crippen molar-refractivity contribution in [2.75, 3.05) is 13.1 Å². The number of nitrogens with zero attached hydrogens (tertiary/aromatic N) is 4. The highest BCUT2D eigenvalue weighted by Gasteiger charge is 2.30. The van der Waals surface area contributed by atoms with E-state index in [0.29, 0.717) is 6.54 Å². The van der Waals surface area contributed by atoms with Crippen molar-refractivity contribution in [1.29, 1.82) is 0 Å². The van der Waals surface area contributed by atoms with Crippen LogP contribution in [-0.2, 0) is 4.79 Å². The molecule has 1 aromatic heterocycles. The van der Waals surface area contributed by atoms with Crippen LogP contribution in [0.1, 0.15) is 39.2 Å². The lowest BCUT2D eigenvalue weighted by Crippen LogP contribution is -2.50. The third-order valence-electron chi connectivity index (χ3n) is 4.06. The second kappa shape index (κ2) is 7.59. The van der Waals surface area contributed by atoms with Crippen LogP contribution in [0.15, 0.2) is 12.7 Å². The number of hydrogen-bond acceptors (Lipinski definition) is 4. The molecule has 1 fully saturated rings. The number of amides is 1. The molecule has 0 spiro atoms. The quantitative estimate of drug-likeness (QED) is 0.907. The van der Waals surface area contributed by atoms with Crippen molar-refractivity contribution in [2.24, 2.45) is 11.7 Å². The first-order valence-electron chi connectivity index (χ1n) is 7.02. The molecular weight excluding hydrogens is 278 g/mol. The van der Waals surface area contributed by atoms with Crippen LogP contribution in [-0.4, -0.2) is 44.7 Å². The maximum atomic E-state index is 12.4. The summed E-state index contributed by atoms with van der Waals surface area (Å²) in [5, 5.41) is 4.17. The van der Waals surface area contributed by atoms with Crippen LogP contribution in [0.25, 0.3) is 0 Å². The van der Waals surface area contributed by atoms with Crippen molar-refractivity contribution in [3.8, 4) is 0 Å². The van der Waals surface area contributed by atoms with E-state index in [-0.39, 0.29) is 36.3 Å². The van der Waals surface area contributed by atoms with Crippen molar-refractivity contribution >= 4 is 18.3 Å². The van der Waals surface area contributed by atoms with Gasteiger partial charge in [0.25, 0.3) is 0 Å². The Hall–Kier alpha value is -1.14. The van der Waals surface area contributed by atoms with E-state index in [1.807, 2.05) is 16.5 Å². The van der Waals surface area contributed by atoms with Gasteiger partial charge in [0.05, 0.1) is 12.1 Å². The van der Waals surface area contributed by atoms with Crippen LogP contribution in [0.5, 0.6) is 0 Å². The van der Waals surface area contributed by atoms with E-state index in [2.05, 4.69) is 17.0 Å². The molecule has 114 valence electrons. The fourth-order valence-corrected chi connectivity index (χ4v) is 2.48. The molecule has 1 amide bonds. The molecule has 3 atom stereocenters. The van der Waals surface area contributed by atoms with Crippen LogP contribution in [0.3, 0.4) is 0 Å². The van der Waals surface area contributed by atoms with Gasteiger partial charge in [0, 0.05) is 13.1 Å². The second-order valence-electron chi connectivity index (χ2n) is 5.37. The van der Waals surface area contributed by atoms with Gasteiger partial charge in [-0.1, -0.05) is 20.3 Å². The monoisotopic (exact) mass is 301 g/mol. The summed E-state index contributed by atoms with van der Waals surface area (Å²) in [4.78, 5) is 18.2. The summed E-state index contributed by atoms with van der Waals surface area (Å²) in [5.74, 6) is 0.290. The summed E-state index contributed by atoms with van der Waals surface area (Å²) in [6, 6.07) is -0.163. The summed E-state index contributed by atoms with van der Waals surface area (Å²) in [6.07, 6.45) is 6.20. The molecule has 0 radical (unpaired) electrons. The molecule has 2 rings (SSSR count). The summed E-state index contributed by atoms with van der Waals surface area (Å²) >= 11 is 0. The topological polar surface area (TPSA) is 77.0 Å². The zero-order valence-corrected chi connectivity index (χ0v) is 12.9. The zero-order valence-electron chi connectivity index (χ0n) is 12.1. The number of carbonyl (C=O) groups excluding carboxylic acids is 1. The lowest BCUT2D eigenvalue weighted by Gasteiger charge is -2.35. The minimum absolute atomic E-state index is 0. The van der Waals surface area contributed by atoms with Gasteiger partial charge >= 0.3 is 0 Å². The van der Waals surface area contributed by atoms with E-state index in [1.54, 1.807) is 6.33 Å². The summed E-state index contributed by atoms with van der Waals surface area (Å²) in [7, 11) is 0. The standard InChI is InChI=1S/C13H23N5O.ClH/c1-3-10(2)12(14)13(19)17-6-4-5-11(7-17)18-9-15-8-16-18;/h8-12H,3-7,14H2,1-2H3;1H. The Morgan fingerprint density at radius 1 is 1.55 bits per heavy atom. The van der Waals surface area contributed by atoms with Gasteiger partial charge in [0.15, 0.2) is 0 Å². The van der Waals surface area contributed by atoms with E-state index < -0.39 is 0 Å². The number of hydrogen-bond donors (Lipinski definition) is 1. The Bertz CT molecular complexity index is 411. The van der Waals surface area contributed by atoms with E-state index in [4.69, 9.17) is 5.73 Å². The second-order valence-corrected chi connectivity index (χ2v) is 5.37. The van der Waals surface area contributed by atoms with Crippen molar-refractivity contribution in [2.45, 2.75) is 45.2 Å². The first-order valence-corrected chi connectivity index (χ1v) is 7.02. The van der Waals surface area contributed by atoms with Crippen LogP contribution in [0.2, 0.25) is 0 Å². The predicted molar refractivity (Wildman–Crippen MR) is 79.6 cm³/mol. The fourth-order valence-electron chi connectivity index (χ4n) is 2.48. The minimum Gasteiger partial charge on any atom is -0.339 e. The predicted octanol–water partition coefficient (Wildman–Crippen LogP) is 1.24. The number of aromatic nitrogens is 3. The molecule has 1 aliphatic rings. The van der Waals surface area contributed by atoms with E-state index >= 15 is 0 Å². The fraction of sp³-hybridized carbons (Fsp3) is 0.769. The largest absolute Gasteiger partial charge is 0.339 e. The van der Waals surface area contributed by atoms with Crippen molar-refractivity contribution in [1.82, 2.24) is 19.7 Å². The number of rotatable bonds is 4. The van der Waals surface area contributed by atoms with Crippen molar-refractivity contribution in [3.63, 3.8) is 0 Å². The Morgan fingerprint density at radius 2 is 2.30 bits per heavy atom. The highest BCUT2D eigenvalue weighted by Crippen LogP contribution is 2.21. The highest BCUT2D eigenvalue weighted by molar-refractivity contribution is 5.85. The number of likely N-dealkylation sites (tertiary alicyclic amines) is 1. The molecule has 3 unspecified atom stereocenters. The van der Waals surface area contributed by atoms with Crippen LogP contribution >= 0.6 is 12.4 Å². The van der Waals surface area contributed by atoms with Gasteiger partial charge in [-0.3, -0.25) is 4.79 Å². The SMILES string of the molecule is CCC(C)C(N)C(=O)N1CCCC(n2cncn2)C1.Cl. The molecule has 1 aliphatic heterocycles. The molecule has 20 heavy (non-hydrogen) atoms. The van der Waals surface area contributed by atoms with Crippen LogP contribution < -0.4 is 5.73 Å². The number of carbonyl (C=O) groups is 1. The normalized spacial score (nSPS) is 21.9. The Labute approximate surface area is 126 Å². The van der Waals surface area contributed by atoms with Gasteiger partial charge in [0.2, 0.25) is 5.91 Å². The zero-order chi connectivity index (χ0) is 13.8. The van der Waals surface area contributed by atoms with Gasteiger partial charge in [-0.25, -0.2) is 9.67 Å². The van der Waals surface area contributed by atoms with E-state index in [1.165, 1.54) is 6.33 Å². The molecule has 7 heteroatoms. The molecule has 0 aliphatic carbocycles. The first kappa shape index (κ1) is 16.9. The van der Waals surface area contributed by atoms with Gasteiger partial charge in [0.1, 0.15) is 12.7 Å². The number of nitrogens with two attached hydrogens (primary N) is 1. The van der Waals surface area contributed by atoms with Gasteiger partial charge in [-0.15, -0.1) is 12.4 Å². The average Bonchev–Trinajstić information content (AvgIpc) is 2.99. The number of piperidine rings is 1. The Balaban J connectivity index is 0.00000200. The van der Waals surface area contributed by atoms with E-state index in [0.717, 1.165) is 25.8 Å². The lowest BCUT2D eigenvalue weighted by atomic mass is 9.97. The smallest absolute Gasteiger partial charge is 0.239 e. The molecule has 0 bridgehead atoms. The Morgan fingerprint density at radius 3 is 2.90 bits per heavy atom. The van der Waals surface area contributed by atoms with Gasteiger partial charge < -0.3 is 10.6 Å². The molecule has 1 saturated heterocycles. The van der Waals surface area contributed by atoms with Crippen LogP contribution in [0.4, 0.5) is 0 Å². The summed E-state index contributed by atoms with van der Waals surface area (Å²) in [6.45, 7) is 5.58. The molecule has 2 N–H and O–H groups in total. The summed E-state index contributed by atoms with van der Waals surface area (Å²) in [5.41, 5.74) is 6.04. The van der Waals surface area contributed by atoms with Crippen molar-refractivity contribution < 1.29 is 4.79 Å². The number of halogens is 1. The molecule has 6 nitrogen and oxygen atoms in total. The highest BCUT2D eigenvalue weighted by atomic mass is 35.5. The Kier molecular flexibility index (Phi) is 6.42. The minimum atomic E-state index is -0.389. The average molecular weight is 302 g/mol. The summed E-state index contributed by atoms with van der Waals surface area (Å²) < 4.78 is 1.84. The maximum absolute atomic E-state index is 12.4. The lowest BCUT2D eigenvalue weighted by molar-refractivity contribution is -0.135. The molecule has 2 heterocycles. The molecule has 1 aromatic rings. The van der Waals surface area contributed by atoms with Crippen LogP contribution in [0, 0.1) is 5.92 Å². The van der Waals surface area contributed by atoms with Crippen molar-refractivity contribution in [3.05, 3.63) is 12.7 Å². The molecule has 0 saturated carbocycles. The molecular formula is C13H24ClN5O. The maximum Gasteiger partial charge on any atom is 0.239 e. The van der Waals surface area contributed by atoms with Gasteiger partial charge in [-0.05, 0) is 18.8 Å². The van der Waals surface area contributed by atoms with E-state index in [9.17, 15) is 4.79 Å².